The molecule has 0 aliphatic heterocycles. The molecule has 84 valence electrons. The van der Waals surface area contributed by atoms with E-state index in [4.69, 9.17) is 0 Å². The summed E-state index contributed by atoms with van der Waals surface area (Å²) in [5.41, 5.74) is 1.80. The lowest BCUT2D eigenvalue weighted by Crippen LogP contribution is -2.13. The van der Waals surface area contributed by atoms with Gasteiger partial charge in [0.2, 0.25) is 0 Å². The minimum absolute atomic E-state index is 1.06. The van der Waals surface area contributed by atoms with E-state index < -0.39 is 8.41 Å². The van der Waals surface area contributed by atoms with Crippen molar-refractivity contribution in [2.24, 2.45) is 0 Å². The Labute approximate surface area is 89.8 Å². The lowest BCUT2D eigenvalue weighted by molar-refractivity contribution is 0.611. The third-order valence-electron chi connectivity index (χ3n) is 2.24. The van der Waals surface area contributed by atoms with Crippen LogP contribution in [-0.2, 0) is 0 Å². The fraction of sp³-hybridized carbons (Fsp3) is 0.833. The zero-order chi connectivity index (χ0) is 10.9. The Bertz CT molecular complexity index is 147. The standard InChI is InChI=1S/C12H25FSi/c1-4-5-6-7-8-9-10-11-12-14(2,3)13/h11-12H,4-10H2,1-3H3/b12-11-. The Morgan fingerprint density at radius 3 is 2.14 bits per heavy atom. The minimum atomic E-state index is -2.42. The largest absolute Gasteiger partial charge is 0.309 e. The molecule has 14 heavy (non-hydrogen) atoms. The molecule has 0 bridgehead atoms. The van der Waals surface area contributed by atoms with Gasteiger partial charge in [-0.2, -0.15) is 0 Å². The summed E-state index contributed by atoms with van der Waals surface area (Å²) in [6, 6.07) is 0. The normalized spacial score (nSPS) is 12.6. The van der Waals surface area contributed by atoms with E-state index in [0.29, 0.717) is 0 Å². The first-order chi connectivity index (χ1) is 6.56. The van der Waals surface area contributed by atoms with Crippen LogP contribution in [-0.4, -0.2) is 8.41 Å². The van der Waals surface area contributed by atoms with E-state index in [-0.39, 0.29) is 0 Å². The molecule has 0 heterocycles. The second-order valence-electron chi connectivity index (χ2n) is 4.52. The second kappa shape index (κ2) is 8.22. The average molecular weight is 216 g/mol. The third kappa shape index (κ3) is 11.9. The molecular formula is C12H25FSi. The van der Waals surface area contributed by atoms with E-state index in [0.717, 1.165) is 6.42 Å². The van der Waals surface area contributed by atoms with Crippen molar-refractivity contribution in [3.05, 3.63) is 11.8 Å². The highest BCUT2D eigenvalue weighted by molar-refractivity contribution is 6.75. The van der Waals surface area contributed by atoms with Crippen molar-refractivity contribution < 1.29 is 4.11 Å². The quantitative estimate of drug-likeness (QED) is 0.304. The van der Waals surface area contributed by atoms with Gasteiger partial charge in [-0.1, -0.05) is 50.8 Å². The van der Waals surface area contributed by atoms with Crippen molar-refractivity contribution in [1.29, 1.82) is 0 Å². The summed E-state index contributed by atoms with van der Waals surface area (Å²) < 4.78 is 13.1. The molecule has 0 unspecified atom stereocenters. The predicted octanol–water partition coefficient (Wildman–Crippen LogP) is 5.01. The first-order valence-corrected chi connectivity index (χ1v) is 8.88. The predicted molar refractivity (Wildman–Crippen MR) is 65.7 cm³/mol. The molecule has 0 saturated carbocycles. The highest BCUT2D eigenvalue weighted by Gasteiger charge is 2.13. The van der Waals surface area contributed by atoms with E-state index in [1.165, 1.54) is 38.5 Å². The van der Waals surface area contributed by atoms with Crippen LogP contribution in [0.4, 0.5) is 4.11 Å². The molecule has 0 amide bonds. The zero-order valence-corrected chi connectivity index (χ0v) is 11.0. The molecule has 2 heteroatoms. The average Bonchev–Trinajstić information content (AvgIpc) is 2.08. The lowest BCUT2D eigenvalue weighted by Gasteiger charge is -2.02. The molecule has 0 N–H and O–H groups in total. The summed E-state index contributed by atoms with van der Waals surface area (Å²) in [6.07, 6.45) is 11.0. The highest BCUT2D eigenvalue weighted by Crippen LogP contribution is 2.09. The molecule has 0 spiro atoms. The number of rotatable bonds is 8. The maximum absolute atomic E-state index is 13.1. The van der Waals surface area contributed by atoms with E-state index >= 15 is 0 Å². The van der Waals surface area contributed by atoms with Crippen molar-refractivity contribution in [1.82, 2.24) is 0 Å². The number of halogens is 1. The van der Waals surface area contributed by atoms with Crippen molar-refractivity contribution >= 4 is 8.41 Å². The first kappa shape index (κ1) is 13.9. The third-order valence-corrected chi connectivity index (χ3v) is 3.27. The summed E-state index contributed by atoms with van der Waals surface area (Å²) in [7, 11) is -2.42. The van der Waals surface area contributed by atoms with Gasteiger partial charge in [-0.3, -0.25) is 0 Å². The first-order valence-electron chi connectivity index (χ1n) is 5.93. The number of hydrogen-bond acceptors (Lipinski definition) is 0. The Balaban J connectivity index is 3.17. The maximum Gasteiger partial charge on any atom is 0.264 e. The molecule has 0 rings (SSSR count). The van der Waals surface area contributed by atoms with Crippen LogP contribution in [0.25, 0.3) is 0 Å². The van der Waals surface area contributed by atoms with Crippen LogP contribution < -0.4 is 0 Å². The molecule has 0 aromatic rings. The topological polar surface area (TPSA) is 0 Å². The van der Waals surface area contributed by atoms with Crippen LogP contribution >= 0.6 is 0 Å². The Hall–Kier alpha value is -0.113. The number of hydrogen-bond donors (Lipinski definition) is 0. The molecule has 0 radical (unpaired) electrons. The maximum atomic E-state index is 13.1. The van der Waals surface area contributed by atoms with Crippen LogP contribution in [0.15, 0.2) is 11.8 Å². The van der Waals surface area contributed by atoms with E-state index in [2.05, 4.69) is 6.92 Å². The Kier molecular flexibility index (Phi) is 8.15. The minimum Gasteiger partial charge on any atom is -0.309 e. The van der Waals surface area contributed by atoms with E-state index in [9.17, 15) is 4.11 Å². The van der Waals surface area contributed by atoms with Gasteiger partial charge in [0.15, 0.2) is 0 Å². The summed E-state index contributed by atoms with van der Waals surface area (Å²) in [5.74, 6) is 0. The van der Waals surface area contributed by atoms with Crippen LogP contribution in [0.1, 0.15) is 51.9 Å². The molecule has 0 aromatic carbocycles. The van der Waals surface area contributed by atoms with Gasteiger partial charge in [0, 0.05) is 0 Å². The number of unbranched alkanes of at least 4 members (excludes halogenated alkanes) is 6. The summed E-state index contributed by atoms with van der Waals surface area (Å²) in [6.45, 7) is 5.69. The summed E-state index contributed by atoms with van der Waals surface area (Å²) >= 11 is 0. The fourth-order valence-electron chi connectivity index (χ4n) is 1.41. The zero-order valence-electron chi connectivity index (χ0n) is 9.98. The van der Waals surface area contributed by atoms with Gasteiger partial charge in [-0.25, -0.2) is 0 Å². The molecule has 0 fully saturated rings. The van der Waals surface area contributed by atoms with Crippen LogP contribution in [0.5, 0.6) is 0 Å². The molecular weight excluding hydrogens is 191 g/mol. The second-order valence-corrected chi connectivity index (χ2v) is 7.99. The lowest BCUT2D eigenvalue weighted by atomic mass is 10.1. The SMILES string of the molecule is CCCCCCCC/C=C\[Si](C)(C)F. The van der Waals surface area contributed by atoms with Gasteiger partial charge in [-0.15, -0.1) is 0 Å². The molecule has 0 saturated heterocycles. The van der Waals surface area contributed by atoms with Gasteiger partial charge in [0.1, 0.15) is 0 Å². The molecule has 0 aliphatic carbocycles. The van der Waals surface area contributed by atoms with Crippen LogP contribution in [0.3, 0.4) is 0 Å². The van der Waals surface area contributed by atoms with E-state index in [1.807, 2.05) is 6.08 Å². The molecule has 0 nitrogen and oxygen atoms in total. The van der Waals surface area contributed by atoms with Crippen LogP contribution in [0.2, 0.25) is 13.1 Å². The Morgan fingerprint density at radius 2 is 1.57 bits per heavy atom. The monoisotopic (exact) mass is 216 g/mol. The highest BCUT2D eigenvalue weighted by atomic mass is 28.4. The number of allylic oxidation sites excluding steroid dienone is 1. The van der Waals surface area contributed by atoms with Gasteiger partial charge in [0.25, 0.3) is 8.41 Å². The fourth-order valence-corrected chi connectivity index (χ4v) is 2.13. The van der Waals surface area contributed by atoms with Crippen molar-refractivity contribution in [3.8, 4) is 0 Å². The van der Waals surface area contributed by atoms with Gasteiger partial charge >= 0.3 is 0 Å². The Morgan fingerprint density at radius 1 is 1.00 bits per heavy atom. The van der Waals surface area contributed by atoms with Crippen molar-refractivity contribution in [2.75, 3.05) is 0 Å². The van der Waals surface area contributed by atoms with Gasteiger partial charge < -0.3 is 4.11 Å². The summed E-state index contributed by atoms with van der Waals surface area (Å²) in [4.78, 5) is 0. The molecule has 0 aromatic heterocycles. The van der Waals surface area contributed by atoms with E-state index in [1.54, 1.807) is 18.8 Å². The van der Waals surface area contributed by atoms with Crippen LogP contribution in [0, 0.1) is 0 Å². The van der Waals surface area contributed by atoms with Crippen molar-refractivity contribution in [2.45, 2.75) is 65.0 Å². The smallest absolute Gasteiger partial charge is 0.264 e. The molecule has 0 aliphatic rings. The molecule has 0 atom stereocenters. The van der Waals surface area contributed by atoms with Gasteiger partial charge in [0.05, 0.1) is 0 Å². The van der Waals surface area contributed by atoms with Gasteiger partial charge in [-0.05, 0) is 25.9 Å². The van der Waals surface area contributed by atoms with Crippen molar-refractivity contribution in [3.63, 3.8) is 0 Å². The summed E-state index contributed by atoms with van der Waals surface area (Å²) in [5, 5.41) is 0.